The molecular weight excluding hydrogens is 406 g/mol. The van der Waals surface area contributed by atoms with Crippen molar-refractivity contribution in [2.75, 3.05) is 31.1 Å². The van der Waals surface area contributed by atoms with Gasteiger partial charge in [-0.25, -0.2) is 0 Å². The first-order valence-corrected chi connectivity index (χ1v) is 10.7. The highest BCUT2D eigenvalue weighted by Gasteiger charge is 2.22. The van der Waals surface area contributed by atoms with E-state index in [-0.39, 0.29) is 18.7 Å². The summed E-state index contributed by atoms with van der Waals surface area (Å²) in [6.07, 6.45) is 0.133. The maximum absolute atomic E-state index is 12.5. The Balaban J connectivity index is 1.20. The lowest BCUT2D eigenvalue weighted by Gasteiger charge is -2.36. The van der Waals surface area contributed by atoms with Crippen LogP contribution in [0.3, 0.4) is 0 Å². The van der Waals surface area contributed by atoms with Crippen molar-refractivity contribution < 1.29 is 14.4 Å². The predicted octanol–water partition coefficient (Wildman–Crippen LogP) is 2.07. The van der Waals surface area contributed by atoms with Crippen LogP contribution in [0.2, 0.25) is 0 Å². The van der Waals surface area contributed by atoms with E-state index in [0.29, 0.717) is 18.8 Å². The van der Waals surface area contributed by atoms with Crippen molar-refractivity contribution in [3.8, 4) is 0 Å². The molecule has 0 atom stereocenters. The van der Waals surface area contributed by atoms with E-state index in [0.717, 1.165) is 29.7 Å². The number of amides is 3. The van der Waals surface area contributed by atoms with Gasteiger partial charge in [-0.15, -0.1) is 0 Å². The molecule has 1 fully saturated rings. The van der Waals surface area contributed by atoms with E-state index in [1.807, 2.05) is 42.5 Å². The number of piperazine rings is 1. The maximum atomic E-state index is 12.5. The molecule has 2 aromatic carbocycles. The molecule has 0 spiro atoms. The molecule has 3 aromatic rings. The van der Waals surface area contributed by atoms with Crippen molar-refractivity contribution in [2.45, 2.75) is 12.8 Å². The molecule has 2 N–H and O–H groups in total. The lowest BCUT2D eigenvalue weighted by molar-refractivity contribution is -0.134. The monoisotopic (exact) mass is 433 g/mol. The van der Waals surface area contributed by atoms with Crippen LogP contribution in [-0.4, -0.2) is 53.4 Å². The van der Waals surface area contributed by atoms with Gasteiger partial charge in [0, 0.05) is 62.7 Å². The average Bonchev–Trinajstić information content (AvgIpc) is 3.18. The molecule has 1 aromatic heterocycles. The summed E-state index contributed by atoms with van der Waals surface area (Å²) in [5, 5.41) is 0.949. The molecule has 1 aliphatic heterocycles. The Kier molecular flexibility index (Phi) is 6.39. The van der Waals surface area contributed by atoms with Crippen LogP contribution in [0.25, 0.3) is 10.9 Å². The molecule has 4 rings (SSSR count). The van der Waals surface area contributed by atoms with Gasteiger partial charge in [-0.2, -0.15) is 0 Å². The molecule has 3 amide bonds. The fourth-order valence-electron chi connectivity index (χ4n) is 3.99. The van der Waals surface area contributed by atoms with Crippen LogP contribution in [-0.2, 0) is 16.6 Å². The predicted molar refractivity (Wildman–Crippen MR) is 123 cm³/mol. The van der Waals surface area contributed by atoms with E-state index in [9.17, 15) is 14.4 Å². The lowest BCUT2D eigenvalue weighted by Crippen LogP contribution is -2.49. The summed E-state index contributed by atoms with van der Waals surface area (Å²) >= 11 is 0. The highest BCUT2D eigenvalue weighted by Crippen LogP contribution is 2.18. The van der Waals surface area contributed by atoms with Crippen molar-refractivity contribution in [1.29, 1.82) is 0 Å². The molecule has 8 heteroatoms. The molecule has 0 aliphatic carbocycles. The van der Waals surface area contributed by atoms with Gasteiger partial charge in [-0.1, -0.05) is 36.4 Å². The van der Waals surface area contributed by atoms with E-state index < -0.39 is 11.8 Å². The maximum Gasteiger partial charge on any atom is 0.286 e. The number of nitrogens with zero attached hydrogens (tertiary/aromatic N) is 3. The van der Waals surface area contributed by atoms with Gasteiger partial charge in [0.2, 0.25) is 11.8 Å². The zero-order valence-corrected chi connectivity index (χ0v) is 18.1. The minimum atomic E-state index is -0.402. The van der Waals surface area contributed by atoms with Gasteiger partial charge < -0.3 is 14.4 Å². The number of hydrazine groups is 1. The summed E-state index contributed by atoms with van der Waals surface area (Å²) in [6.45, 7) is 2.80. The lowest BCUT2D eigenvalue weighted by atomic mass is 10.2. The topological polar surface area (TPSA) is 86.7 Å². The highest BCUT2D eigenvalue weighted by molar-refractivity contribution is 5.99. The highest BCUT2D eigenvalue weighted by atomic mass is 16.2. The number of benzene rings is 2. The van der Waals surface area contributed by atoms with Gasteiger partial charge in [-0.05, 0) is 24.3 Å². The second-order valence-corrected chi connectivity index (χ2v) is 7.85. The van der Waals surface area contributed by atoms with Gasteiger partial charge >= 0.3 is 0 Å². The van der Waals surface area contributed by atoms with Crippen LogP contribution in [0.4, 0.5) is 5.69 Å². The SMILES string of the molecule is Cn1c(C(=O)NNC(=O)CCC(=O)N2CCN(c3ccccc3)CC2)cc2ccccc21. The van der Waals surface area contributed by atoms with Gasteiger partial charge in [0.1, 0.15) is 5.69 Å². The molecule has 1 aliphatic rings. The Bertz CT molecular complexity index is 1120. The van der Waals surface area contributed by atoms with Gasteiger partial charge in [0.05, 0.1) is 0 Å². The van der Waals surface area contributed by atoms with Crippen LogP contribution >= 0.6 is 0 Å². The molecule has 0 bridgehead atoms. The number of nitrogens with one attached hydrogen (secondary N) is 2. The number of carbonyl (C=O) groups excluding carboxylic acids is 3. The molecule has 0 radical (unpaired) electrons. The first-order valence-electron chi connectivity index (χ1n) is 10.7. The Labute approximate surface area is 186 Å². The van der Waals surface area contributed by atoms with Crippen molar-refractivity contribution in [2.24, 2.45) is 7.05 Å². The van der Waals surface area contributed by atoms with Crippen LogP contribution in [0.15, 0.2) is 60.7 Å². The average molecular weight is 434 g/mol. The molecule has 0 saturated carbocycles. The van der Waals surface area contributed by atoms with Crippen LogP contribution < -0.4 is 15.8 Å². The fraction of sp³-hybridized carbons (Fsp3) is 0.292. The number of para-hydroxylation sites is 2. The summed E-state index contributed by atoms with van der Waals surface area (Å²) in [5.74, 6) is -0.846. The molecule has 2 heterocycles. The minimum absolute atomic E-state index is 0.0210. The minimum Gasteiger partial charge on any atom is -0.368 e. The number of carbonyl (C=O) groups is 3. The summed E-state index contributed by atoms with van der Waals surface area (Å²) < 4.78 is 1.77. The first-order chi connectivity index (χ1) is 15.5. The zero-order valence-electron chi connectivity index (χ0n) is 18.1. The Hall–Kier alpha value is -3.81. The number of anilines is 1. The fourth-order valence-corrected chi connectivity index (χ4v) is 3.99. The summed E-state index contributed by atoms with van der Waals surface area (Å²) in [7, 11) is 1.80. The third-order valence-corrected chi connectivity index (χ3v) is 5.82. The van der Waals surface area contributed by atoms with Crippen LogP contribution in [0, 0.1) is 0 Å². The second-order valence-electron chi connectivity index (χ2n) is 7.85. The van der Waals surface area contributed by atoms with Crippen LogP contribution in [0.1, 0.15) is 23.3 Å². The number of aryl methyl sites for hydroxylation is 1. The number of fused-ring (bicyclic) bond motifs is 1. The van der Waals surface area contributed by atoms with Crippen molar-refractivity contribution >= 4 is 34.3 Å². The van der Waals surface area contributed by atoms with E-state index in [4.69, 9.17) is 0 Å². The van der Waals surface area contributed by atoms with E-state index in [2.05, 4.69) is 27.9 Å². The zero-order chi connectivity index (χ0) is 22.5. The number of rotatable bonds is 5. The molecular formula is C24H27N5O3. The standard InChI is InChI=1S/C24H27N5O3/c1-27-20-10-6-5-7-18(20)17-21(27)24(32)26-25-22(30)11-12-23(31)29-15-13-28(14-16-29)19-8-3-2-4-9-19/h2-10,17H,11-16H2,1H3,(H,25,30)(H,26,32). The summed E-state index contributed by atoms with van der Waals surface area (Å²) in [6, 6.07) is 19.6. The van der Waals surface area contributed by atoms with E-state index >= 15 is 0 Å². The third-order valence-electron chi connectivity index (χ3n) is 5.82. The normalized spacial score (nSPS) is 13.8. The molecule has 1 saturated heterocycles. The van der Waals surface area contributed by atoms with E-state index in [1.54, 1.807) is 22.6 Å². The Morgan fingerprint density at radius 1 is 0.844 bits per heavy atom. The van der Waals surface area contributed by atoms with Gasteiger partial charge in [0.15, 0.2) is 0 Å². The van der Waals surface area contributed by atoms with Crippen molar-refractivity contribution in [1.82, 2.24) is 20.3 Å². The number of aromatic nitrogens is 1. The molecule has 32 heavy (non-hydrogen) atoms. The Morgan fingerprint density at radius 3 is 2.25 bits per heavy atom. The third kappa shape index (κ3) is 4.74. The number of hydrogen-bond acceptors (Lipinski definition) is 4. The summed E-state index contributed by atoms with van der Waals surface area (Å²) in [4.78, 5) is 41.1. The smallest absolute Gasteiger partial charge is 0.286 e. The molecule has 166 valence electrons. The first kappa shape index (κ1) is 21.4. The van der Waals surface area contributed by atoms with Gasteiger partial charge in [-0.3, -0.25) is 25.2 Å². The van der Waals surface area contributed by atoms with Crippen LogP contribution in [0.5, 0.6) is 0 Å². The largest absolute Gasteiger partial charge is 0.368 e. The number of hydrogen-bond donors (Lipinski definition) is 2. The second kappa shape index (κ2) is 9.55. The van der Waals surface area contributed by atoms with E-state index in [1.165, 1.54) is 0 Å². The molecule has 8 nitrogen and oxygen atoms in total. The van der Waals surface area contributed by atoms with Gasteiger partial charge in [0.25, 0.3) is 5.91 Å². The Morgan fingerprint density at radius 2 is 1.53 bits per heavy atom. The van der Waals surface area contributed by atoms with Crippen molar-refractivity contribution in [3.63, 3.8) is 0 Å². The quantitative estimate of drug-likeness (QED) is 0.603. The summed E-state index contributed by atoms with van der Waals surface area (Å²) in [5.41, 5.74) is 7.37. The molecule has 0 unspecified atom stereocenters. The van der Waals surface area contributed by atoms with Crippen molar-refractivity contribution in [3.05, 3.63) is 66.4 Å².